The van der Waals surface area contributed by atoms with Crippen molar-refractivity contribution in [1.29, 1.82) is 0 Å². The maximum absolute atomic E-state index is 10.7. The zero-order chi connectivity index (χ0) is 20.1. The first-order chi connectivity index (χ1) is 12.6. The number of nitrogens with one attached hydrogen (secondary N) is 2. The third-order valence-corrected chi connectivity index (χ3v) is 6.02. The van der Waals surface area contributed by atoms with Crippen LogP contribution in [0, 0.1) is 0 Å². The van der Waals surface area contributed by atoms with Crippen molar-refractivity contribution >= 4 is 41.3 Å². The molecule has 1 saturated heterocycles. The van der Waals surface area contributed by atoms with Gasteiger partial charge in [-0.3, -0.25) is 9.89 Å². The summed E-state index contributed by atoms with van der Waals surface area (Å²) in [6.45, 7) is 16.3. The fourth-order valence-corrected chi connectivity index (χ4v) is 4.10. The van der Waals surface area contributed by atoms with Crippen LogP contribution in [0.15, 0.2) is 22.5 Å². The molecule has 6 nitrogen and oxygen atoms in total. The van der Waals surface area contributed by atoms with Gasteiger partial charge in [0.05, 0.1) is 25.3 Å². The van der Waals surface area contributed by atoms with Crippen LogP contribution < -0.4 is 10.6 Å². The Morgan fingerprint density at radius 2 is 1.93 bits per heavy atom. The molecule has 0 radical (unpaired) electrons. The first-order valence-electron chi connectivity index (χ1n) is 9.83. The molecular formula is C20H37IN4O2S. The third-order valence-electron chi connectivity index (χ3n) is 4.90. The van der Waals surface area contributed by atoms with E-state index in [0.717, 1.165) is 30.5 Å². The number of aliphatic imine (C=N–C) groups is 1. The number of nitrogens with zero attached hydrogens (tertiary/aromatic N) is 2. The number of morpholine rings is 1. The average molecular weight is 525 g/mol. The maximum Gasteiger partial charge on any atom is 0.191 e. The van der Waals surface area contributed by atoms with E-state index >= 15 is 0 Å². The minimum atomic E-state index is -0.922. The molecule has 0 aromatic carbocycles. The van der Waals surface area contributed by atoms with Gasteiger partial charge in [0.2, 0.25) is 0 Å². The van der Waals surface area contributed by atoms with Gasteiger partial charge in [-0.05, 0) is 53.0 Å². The van der Waals surface area contributed by atoms with Gasteiger partial charge in [0.15, 0.2) is 5.96 Å². The third kappa shape index (κ3) is 7.44. The second-order valence-electron chi connectivity index (χ2n) is 8.27. The maximum atomic E-state index is 10.7. The minimum absolute atomic E-state index is 0. The Bertz CT molecular complexity index is 597. The first-order valence-corrected chi connectivity index (χ1v) is 10.7. The van der Waals surface area contributed by atoms with Gasteiger partial charge < -0.3 is 20.5 Å². The van der Waals surface area contributed by atoms with E-state index in [1.807, 2.05) is 31.4 Å². The predicted molar refractivity (Wildman–Crippen MR) is 129 cm³/mol. The second-order valence-corrected chi connectivity index (χ2v) is 9.22. The van der Waals surface area contributed by atoms with Crippen LogP contribution in [-0.4, -0.2) is 66.4 Å². The highest BCUT2D eigenvalue weighted by atomic mass is 127. The molecule has 1 aromatic heterocycles. The van der Waals surface area contributed by atoms with E-state index in [1.54, 1.807) is 11.3 Å². The van der Waals surface area contributed by atoms with Gasteiger partial charge >= 0.3 is 0 Å². The lowest BCUT2D eigenvalue weighted by molar-refractivity contribution is -0.0939. The molecular weight excluding hydrogens is 487 g/mol. The summed E-state index contributed by atoms with van der Waals surface area (Å²) >= 11 is 1.56. The zero-order valence-corrected chi connectivity index (χ0v) is 21.1. The summed E-state index contributed by atoms with van der Waals surface area (Å²) in [7, 11) is 0. The Hall–Kier alpha value is -0.420. The number of hydrogen-bond donors (Lipinski definition) is 3. The molecule has 3 unspecified atom stereocenters. The van der Waals surface area contributed by atoms with Gasteiger partial charge in [0.1, 0.15) is 5.60 Å². The summed E-state index contributed by atoms with van der Waals surface area (Å²) in [5.41, 5.74) is -0.986. The van der Waals surface area contributed by atoms with Crippen molar-refractivity contribution in [2.75, 3.05) is 32.7 Å². The van der Waals surface area contributed by atoms with Crippen molar-refractivity contribution in [3.8, 4) is 0 Å². The second kappa shape index (κ2) is 11.1. The van der Waals surface area contributed by atoms with Gasteiger partial charge in [-0.25, -0.2) is 0 Å². The lowest BCUT2D eigenvalue weighted by Crippen LogP contribution is -2.56. The van der Waals surface area contributed by atoms with Crippen LogP contribution in [0.2, 0.25) is 0 Å². The van der Waals surface area contributed by atoms with Crippen LogP contribution >= 0.6 is 35.3 Å². The summed E-state index contributed by atoms with van der Waals surface area (Å²) < 4.78 is 5.86. The average Bonchev–Trinajstić information content (AvgIpc) is 3.12. The van der Waals surface area contributed by atoms with Crippen LogP contribution in [-0.2, 0) is 10.3 Å². The molecule has 2 rings (SSSR count). The van der Waals surface area contributed by atoms with E-state index in [4.69, 9.17) is 9.73 Å². The molecule has 0 amide bonds. The number of hydrogen-bond acceptors (Lipinski definition) is 5. The van der Waals surface area contributed by atoms with Crippen LogP contribution in [0.1, 0.15) is 46.4 Å². The van der Waals surface area contributed by atoms with Crippen LogP contribution in [0.5, 0.6) is 0 Å². The number of ether oxygens (including phenoxy) is 1. The van der Waals surface area contributed by atoms with E-state index in [1.165, 1.54) is 0 Å². The summed E-state index contributed by atoms with van der Waals surface area (Å²) in [6.07, 6.45) is 0.480. The quantitative estimate of drug-likeness (QED) is 0.291. The summed E-state index contributed by atoms with van der Waals surface area (Å²) in [4.78, 5) is 8.20. The van der Waals surface area contributed by atoms with Gasteiger partial charge in [-0.15, -0.1) is 35.3 Å². The Morgan fingerprint density at radius 3 is 2.46 bits per heavy atom. The van der Waals surface area contributed by atoms with Crippen molar-refractivity contribution in [2.24, 2.45) is 4.99 Å². The highest BCUT2D eigenvalue weighted by Gasteiger charge is 2.33. The van der Waals surface area contributed by atoms with E-state index in [9.17, 15) is 5.11 Å². The number of thiophene rings is 1. The van der Waals surface area contributed by atoms with E-state index in [-0.39, 0.29) is 41.7 Å². The molecule has 3 atom stereocenters. The number of guanidine groups is 1. The topological polar surface area (TPSA) is 69.1 Å². The molecule has 0 spiro atoms. The zero-order valence-electron chi connectivity index (χ0n) is 18.0. The smallest absolute Gasteiger partial charge is 0.191 e. The summed E-state index contributed by atoms with van der Waals surface area (Å²) in [5.74, 6) is 0.733. The SMILES string of the molecule is CCNC(=NCC(C)(C)N1CC(C)OC(C)C1)NCC(C)(O)c1cccs1.I. The van der Waals surface area contributed by atoms with E-state index in [2.05, 4.69) is 43.2 Å². The van der Waals surface area contributed by atoms with Crippen LogP contribution in [0.3, 0.4) is 0 Å². The number of halogens is 1. The van der Waals surface area contributed by atoms with Crippen molar-refractivity contribution in [1.82, 2.24) is 15.5 Å². The number of rotatable bonds is 7. The van der Waals surface area contributed by atoms with E-state index in [0.29, 0.717) is 13.1 Å². The molecule has 3 N–H and O–H groups in total. The molecule has 1 fully saturated rings. The molecule has 28 heavy (non-hydrogen) atoms. The standard InChI is InChI=1S/C20H36N4O2S.HI/c1-7-21-18(23-14-20(6,25)17-9-8-10-27-17)22-13-19(4,5)24-11-15(2)26-16(3)12-24;/h8-10,15-16,25H,7,11-14H2,1-6H3,(H2,21,22,23);1H. The fourth-order valence-electron chi connectivity index (χ4n) is 3.31. The Balaban J connectivity index is 0.00000392. The Morgan fingerprint density at radius 1 is 1.29 bits per heavy atom. The fraction of sp³-hybridized carbons (Fsp3) is 0.750. The van der Waals surface area contributed by atoms with Crippen molar-refractivity contribution < 1.29 is 9.84 Å². The molecule has 1 aliphatic heterocycles. The van der Waals surface area contributed by atoms with Crippen molar-refractivity contribution in [2.45, 2.75) is 64.9 Å². The van der Waals surface area contributed by atoms with E-state index < -0.39 is 5.60 Å². The van der Waals surface area contributed by atoms with Crippen molar-refractivity contribution in [3.05, 3.63) is 22.4 Å². The van der Waals surface area contributed by atoms with Gasteiger partial charge in [0.25, 0.3) is 0 Å². The number of aliphatic hydroxyl groups is 1. The van der Waals surface area contributed by atoms with Crippen molar-refractivity contribution in [3.63, 3.8) is 0 Å². The van der Waals surface area contributed by atoms with Gasteiger partial charge in [-0.1, -0.05) is 6.07 Å². The largest absolute Gasteiger partial charge is 0.383 e. The molecule has 2 heterocycles. The van der Waals surface area contributed by atoms with Gasteiger partial charge in [0, 0.05) is 30.1 Å². The summed E-state index contributed by atoms with van der Waals surface area (Å²) in [6, 6.07) is 3.92. The lowest BCUT2D eigenvalue weighted by atomic mass is 10.0. The predicted octanol–water partition coefficient (Wildman–Crippen LogP) is 3.02. The Labute approximate surface area is 191 Å². The molecule has 8 heteroatoms. The highest BCUT2D eigenvalue weighted by molar-refractivity contribution is 14.0. The first kappa shape index (κ1) is 25.6. The van der Waals surface area contributed by atoms with Gasteiger partial charge in [-0.2, -0.15) is 0 Å². The Kier molecular flexibility index (Phi) is 10.2. The monoisotopic (exact) mass is 524 g/mol. The molecule has 1 aromatic rings. The highest BCUT2D eigenvalue weighted by Crippen LogP contribution is 2.24. The lowest BCUT2D eigenvalue weighted by Gasteiger charge is -2.44. The normalized spacial score (nSPS) is 23.6. The summed E-state index contributed by atoms with van der Waals surface area (Å²) in [5, 5.41) is 19.3. The van der Waals surface area contributed by atoms with Crippen LogP contribution in [0.25, 0.3) is 0 Å². The molecule has 0 bridgehead atoms. The minimum Gasteiger partial charge on any atom is -0.383 e. The molecule has 162 valence electrons. The van der Waals surface area contributed by atoms with Crippen LogP contribution in [0.4, 0.5) is 0 Å². The molecule has 0 saturated carbocycles. The molecule has 1 aliphatic rings. The molecule has 0 aliphatic carbocycles.